The number of halogens is 2. The molecule has 0 aliphatic carbocycles. The lowest BCUT2D eigenvalue weighted by Crippen LogP contribution is -2.29. The van der Waals surface area contributed by atoms with Crippen LogP contribution in [0.15, 0.2) is 60.7 Å². The molecule has 0 saturated carbocycles. The van der Waals surface area contributed by atoms with Crippen LogP contribution >= 0.6 is 11.6 Å². The van der Waals surface area contributed by atoms with Crippen molar-refractivity contribution < 1.29 is 14.3 Å². The smallest absolute Gasteiger partial charge is 0.273 e. The van der Waals surface area contributed by atoms with Crippen molar-refractivity contribution >= 4 is 17.5 Å². The zero-order chi connectivity index (χ0) is 24.0. The number of hydrogen-bond acceptors (Lipinski definition) is 3. The van der Waals surface area contributed by atoms with Gasteiger partial charge in [0.1, 0.15) is 23.0 Å². The van der Waals surface area contributed by atoms with Crippen LogP contribution in [0.3, 0.4) is 0 Å². The predicted molar refractivity (Wildman–Crippen MR) is 129 cm³/mol. The van der Waals surface area contributed by atoms with E-state index in [0.29, 0.717) is 34.1 Å². The summed E-state index contributed by atoms with van der Waals surface area (Å²) in [5.74, 6) is -0.493. The maximum Gasteiger partial charge on any atom is 0.273 e. The highest BCUT2D eigenvalue weighted by Gasteiger charge is 2.42. The molecular weight excluding hydrogens is 453 g/mol. The molecule has 7 heteroatoms. The van der Waals surface area contributed by atoms with Gasteiger partial charge in [0, 0.05) is 22.7 Å². The van der Waals surface area contributed by atoms with Crippen LogP contribution in [0, 0.1) is 12.7 Å². The van der Waals surface area contributed by atoms with Gasteiger partial charge in [-0.25, -0.2) is 4.39 Å². The number of aromatic amines is 1. The number of aromatic hydroxyl groups is 1. The summed E-state index contributed by atoms with van der Waals surface area (Å²) in [6.07, 6.45) is 0.904. The van der Waals surface area contributed by atoms with Crippen molar-refractivity contribution in [1.29, 1.82) is 0 Å². The molecule has 2 heterocycles. The molecule has 0 radical (unpaired) electrons. The van der Waals surface area contributed by atoms with Gasteiger partial charge in [-0.2, -0.15) is 5.10 Å². The van der Waals surface area contributed by atoms with Gasteiger partial charge in [-0.05, 0) is 59.9 Å². The van der Waals surface area contributed by atoms with E-state index in [2.05, 4.69) is 17.1 Å². The number of fused-ring (bicyclic) bond motifs is 1. The van der Waals surface area contributed by atoms with Crippen molar-refractivity contribution in [1.82, 2.24) is 15.1 Å². The quantitative estimate of drug-likeness (QED) is 0.361. The molecule has 1 aliphatic heterocycles. The number of amides is 1. The number of aryl methyl sites for hydroxylation is 2. The molecule has 2 N–H and O–H groups in total. The molecule has 1 atom stereocenters. The number of rotatable bonds is 5. The van der Waals surface area contributed by atoms with Gasteiger partial charge >= 0.3 is 0 Å². The van der Waals surface area contributed by atoms with Gasteiger partial charge in [-0.1, -0.05) is 54.9 Å². The van der Waals surface area contributed by atoms with E-state index in [0.717, 1.165) is 23.1 Å². The minimum absolute atomic E-state index is 0.0423. The van der Waals surface area contributed by atoms with Gasteiger partial charge in [0.15, 0.2) is 0 Å². The molecule has 4 aromatic rings. The van der Waals surface area contributed by atoms with Crippen molar-refractivity contribution in [3.8, 4) is 17.0 Å². The molecule has 1 amide bonds. The SMILES string of the molecule is CCc1ccc(C2c3c(-c4cc(Cl)c(C)cc4O)n[nH]c3C(=O)N2Cc2ccc(F)cc2)cc1. The summed E-state index contributed by atoms with van der Waals surface area (Å²) in [4.78, 5) is 15.3. The van der Waals surface area contributed by atoms with Crippen molar-refractivity contribution in [2.24, 2.45) is 0 Å². The highest BCUT2D eigenvalue weighted by Crippen LogP contribution is 2.45. The normalized spacial score (nSPS) is 15.1. The maximum atomic E-state index is 13.5. The largest absolute Gasteiger partial charge is 0.507 e. The summed E-state index contributed by atoms with van der Waals surface area (Å²) in [5.41, 5.74) is 5.67. The first kappa shape index (κ1) is 22.2. The Morgan fingerprint density at radius 2 is 1.76 bits per heavy atom. The van der Waals surface area contributed by atoms with Crippen LogP contribution in [-0.2, 0) is 13.0 Å². The number of benzene rings is 3. The number of phenols is 1. The van der Waals surface area contributed by atoms with Gasteiger partial charge in [0.05, 0.1) is 6.04 Å². The number of carbonyl (C=O) groups is 1. The van der Waals surface area contributed by atoms with Crippen molar-refractivity contribution in [2.75, 3.05) is 0 Å². The fraction of sp³-hybridized carbons (Fsp3) is 0.185. The monoisotopic (exact) mass is 475 g/mol. The van der Waals surface area contributed by atoms with E-state index < -0.39 is 6.04 Å². The van der Waals surface area contributed by atoms with Crippen molar-refractivity contribution in [3.63, 3.8) is 0 Å². The second kappa shape index (κ2) is 8.61. The average Bonchev–Trinajstić information content (AvgIpc) is 3.37. The topological polar surface area (TPSA) is 69.2 Å². The molecule has 0 bridgehead atoms. The molecule has 1 aromatic heterocycles. The first-order valence-corrected chi connectivity index (χ1v) is 11.5. The van der Waals surface area contributed by atoms with E-state index in [-0.39, 0.29) is 17.5 Å². The molecule has 34 heavy (non-hydrogen) atoms. The fourth-order valence-corrected chi connectivity index (χ4v) is 4.65. The third-order valence-electron chi connectivity index (χ3n) is 6.37. The average molecular weight is 476 g/mol. The second-order valence-electron chi connectivity index (χ2n) is 8.54. The molecule has 0 spiro atoms. The molecule has 0 saturated heterocycles. The lowest BCUT2D eigenvalue weighted by atomic mass is 9.94. The zero-order valence-electron chi connectivity index (χ0n) is 18.8. The summed E-state index contributed by atoms with van der Waals surface area (Å²) in [7, 11) is 0. The van der Waals surface area contributed by atoms with Crippen LogP contribution in [-0.4, -0.2) is 26.1 Å². The van der Waals surface area contributed by atoms with E-state index in [9.17, 15) is 14.3 Å². The minimum atomic E-state index is -0.438. The van der Waals surface area contributed by atoms with Crippen LogP contribution in [0.4, 0.5) is 4.39 Å². The van der Waals surface area contributed by atoms with Crippen LogP contribution in [0.2, 0.25) is 5.02 Å². The fourth-order valence-electron chi connectivity index (χ4n) is 4.49. The van der Waals surface area contributed by atoms with Crippen LogP contribution < -0.4 is 0 Å². The number of nitrogens with zero attached hydrogens (tertiary/aromatic N) is 2. The van der Waals surface area contributed by atoms with Gasteiger partial charge in [-0.15, -0.1) is 0 Å². The summed E-state index contributed by atoms with van der Waals surface area (Å²) in [6.45, 7) is 4.19. The Kier molecular flexibility index (Phi) is 5.62. The first-order valence-electron chi connectivity index (χ1n) is 11.1. The zero-order valence-corrected chi connectivity index (χ0v) is 19.5. The Morgan fingerprint density at radius 3 is 2.44 bits per heavy atom. The van der Waals surface area contributed by atoms with Gasteiger partial charge in [0.2, 0.25) is 0 Å². The van der Waals surface area contributed by atoms with Crippen molar-refractivity contribution in [2.45, 2.75) is 32.9 Å². The molecule has 0 fully saturated rings. The van der Waals surface area contributed by atoms with E-state index in [1.165, 1.54) is 17.7 Å². The Hall–Kier alpha value is -3.64. The Labute approximate surface area is 201 Å². The van der Waals surface area contributed by atoms with Crippen molar-refractivity contribution in [3.05, 3.63) is 105 Å². The second-order valence-corrected chi connectivity index (χ2v) is 8.94. The maximum absolute atomic E-state index is 13.5. The minimum Gasteiger partial charge on any atom is -0.507 e. The molecule has 1 unspecified atom stereocenters. The lowest BCUT2D eigenvalue weighted by Gasteiger charge is -2.27. The third kappa shape index (κ3) is 3.74. The van der Waals surface area contributed by atoms with Crippen LogP contribution in [0.25, 0.3) is 11.3 Å². The summed E-state index contributed by atoms with van der Waals surface area (Å²) in [5, 5.41) is 18.5. The number of carbonyl (C=O) groups excluding carboxylic acids is 1. The summed E-state index contributed by atoms with van der Waals surface area (Å²) in [6, 6.07) is 17.1. The van der Waals surface area contributed by atoms with Crippen LogP contribution in [0.1, 0.15) is 51.3 Å². The van der Waals surface area contributed by atoms with Crippen LogP contribution in [0.5, 0.6) is 5.75 Å². The summed E-state index contributed by atoms with van der Waals surface area (Å²) >= 11 is 6.36. The molecule has 5 nitrogen and oxygen atoms in total. The summed E-state index contributed by atoms with van der Waals surface area (Å²) < 4.78 is 13.5. The van der Waals surface area contributed by atoms with E-state index >= 15 is 0 Å². The highest BCUT2D eigenvalue weighted by molar-refractivity contribution is 6.31. The van der Waals surface area contributed by atoms with E-state index in [1.54, 1.807) is 29.2 Å². The Bertz CT molecular complexity index is 1380. The molecule has 3 aromatic carbocycles. The first-order chi connectivity index (χ1) is 16.4. The molecule has 172 valence electrons. The Balaban J connectivity index is 1.66. The van der Waals surface area contributed by atoms with E-state index in [4.69, 9.17) is 11.6 Å². The highest BCUT2D eigenvalue weighted by atomic mass is 35.5. The lowest BCUT2D eigenvalue weighted by molar-refractivity contribution is 0.0730. The van der Waals surface area contributed by atoms with Gasteiger partial charge < -0.3 is 10.0 Å². The number of aromatic nitrogens is 2. The standard InChI is InChI=1S/C27H23ClFN3O2/c1-3-16-4-8-18(9-5-16)26-23-24(20-13-21(28)15(2)12-22(20)33)30-31-25(23)27(34)32(26)14-17-6-10-19(29)11-7-17/h4-13,26,33H,3,14H2,1-2H3,(H,30,31). The van der Waals surface area contributed by atoms with Gasteiger partial charge in [0.25, 0.3) is 5.91 Å². The molecule has 5 rings (SSSR count). The number of hydrogen-bond donors (Lipinski definition) is 2. The number of phenolic OH excluding ortho intramolecular Hbond substituents is 1. The third-order valence-corrected chi connectivity index (χ3v) is 6.77. The molecule has 1 aliphatic rings. The van der Waals surface area contributed by atoms with Gasteiger partial charge in [-0.3, -0.25) is 9.89 Å². The number of H-pyrrole nitrogens is 1. The number of nitrogens with one attached hydrogen (secondary N) is 1. The molecular formula is C27H23ClFN3O2. The Morgan fingerprint density at radius 1 is 1.09 bits per heavy atom. The predicted octanol–water partition coefficient (Wildman–Crippen LogP) is 6.19. The van der Waals surface area contributed by atoms with E-state index in [1.807, 2.05) is 31.2 Å².